The third-order valence-electron chi connectivity index (χ3n) is 3.18. The van der Waals surface area contributed by atoms with Crippen LogP contribution >= 0.6 is 0 Å². The molecule has 1 rings (SSSR count). The van der Waals surface area contributed by atoms with Gasteiger partial charge in [-0.1, -0.05) is 6.58 Å². The van der Waals surface area contributed by atoms with Crippen molar-refractivity contribution in [2.24, 2.45) is 0 Å². The molecule has 1 aliphatic heterocycles. The Labute approximate surface area is 99.1 Å². The molecular formula is C13H24N2O. The number of carbonyl (C=O) groups is 1. The Kier molecular flexibility index (Phi) is 3.79. The summed E-state index contributed by atoms with van der Waals surface area (Å²) in [5.74, 6) is 0.0484. The van der Waals surface area contributed by atoms with E-state index in [2.05, 4.69) is 46.1 Å². The van der Waals surface area contributed by atoms with E-state index in [4.69, 9.17) is 0 Å². The van der Waals surface area contributed by atoms with Crippen molar-refractivity contribution in [2.75, 3.05) is 13.1 Å². The molecule has 0 unspecified atom stereocenters. The SMILES string of the molecule is C=CC(=O)N1C[C@@H](C)N(C(C)(C)C)[C@@H](C)C1. The molecule has 1 amide bonds. The van der Waals surface area contributed by atoms with E-state index in [1.807, 2.05) is 4.90 Å². The van der Waals surface area contributed by atoms with Crippen LogP contribution in [-0.2, 0) is 4.79 Å². The molecule has 3 nitrogen and oxygen atoms in total. The molecule has 1 aliphatic rings. The molecule has 92 valence electrons. The maximum atomic E-state index is 11.6. The first kappa shape index (κ1) is 13.2. The van der Waals surface area contributed by atoms with Gasteiger partial charge in [0, 0.05) is 30.7 Å². The van der Waals surface area contributed by atoms with Crippen LogP contribution in [0.1, 0.15) is 34.6 Å². The molecule has 0 radical (unpaired) electrons. The van der Waals surface area contributed by atoms with Gasteiger partial charge in [0.2, 0.25) is 5.91 Å². The van der Waals surface area contributed by atoms with Gasteiger partial charge < -0.3 is 4.90 Å². The zero-order valence-corrected chi connectivity index (χ0v) is 11.2. The van der Waals surface area contributed by atoms with Crippen LogP contribution in [0.4, 0.5) is 0 Å². The molecule has 2 atom stereocenters. The third kappa shape index (κ3) is 2.64. The number of hydrogen-bond donors (Lipinski definition) is 0. The predicted octanol–water partition coefficient (Wildman–Crippen LogP) is 1.89. The van der Waals surface area contributed by atoms with Gasteiger partial charge in [-0.3, -0.25) is 9.69 Å². The third-order valence-corrected chi connectivity index (χ3v) is 3.18. The van der Waals surface area contributed by atoms with E-state index in [-0.39, 0.29) is 11.4 Å². The molecule has 0 spiro atoms. The molecule has 1 saturated heterocycles. The number of rotatable bonds is 1. The highest BCUT2D eigenvalue weighted by atomic mass is 16.2. The largest absolute Gasteiger partial charge is 0.336 e. The Balaban J connectivity index is 2.79. The highest BCUT2D eigenvalue weighted by Crippen LogP contribution is 2.25. The normalized spacial score (nSPS) is 27.9. The summed E-state index contributed by atoms with van der Waals surface area (Å²) >= 11 is 0. The molecule has 0 saturated carbocycles. The van der Waals surface area contributed by atoms with Gasteiger partial charge in [0.25, 0.3) is 0 Å². The van der Waals surface area contributed by atoms with Crippen LogP contribution in [0.5, 0.6) is 0 Å². The van der Waals surface area contributed by atoms with Crippen molar-refractivity contribution in [3.63, 3.8) is 0 Å². The molecule has 0 N–H and O–H groups in total. The van der Waals surface area contributed by atoms with Gasteiger partial charge in [0.15, 0.2) is 0 Å². The van der Waals surface area contributed by atoms with Gasteiger partial charge in [-0.15, -0.1) is 0 Å². The lowest BCUT2D eigenvalue weighted by molar-refractivity contribution is -0.132. The first-order valence-corrected chi connectivity index (χ1v) is 5.97. The minimum Gasteiger partial charge on any atom is -0.336 e. The van der Waals surface area contributed by atoms with E-state index < -0.39 is 0 Å². The van der Waals surface area contributed by atoms with Crippen molar-refractivity contribution in [2.45, 2.75) is 52.2 Å². The lowest BCUT2D eigenvalue weighted by Gasteiger charge is -2.50. The van der Waals surface area contributed by atoms with Crippen LogP contribution in [0.15, 0.2) is 12.7 Å². The molecule has 0 bridgehead atoms. The lowest BCUT2D eigenvalue weighted by Crippen LogP contribution is -2.63. The number of nitrogens with zero attached hydrogens (tertiary/aromatic N) is 2. The molecule has 0 aromatic carbocycles. The van der Waals surface area contributed by atoms with Gasteiger partial charge in [-0.25, -0.2) is 0 Å². The number of hydrogen-bond acceptors (Lipinski definition) is 2. The molecule has 3 heteroatoms. The van der Waals surface area contributed by atoms with Crippen molar-refractivity contribution < 1.29 is 4.79 Å². The van der Waals surface area contributed by atoms with Crippen molar-refractivity contribution in [1.29, 1.82) is 0 Å². The second-order valence-corrected chi connectivity index (χ2v) is 5.72. The van der Waals surface area contributed by atoms with Crippen LogP contribution in [0.2, 0.25) is 0 Å². The number of piperazine rings is 1. The summed E-state index contributed by atoms with van der Waals surface area (Å²) in [5, 5.41) is 0. The van der Waals surface area contributed by atoms with Crippen LogP contribution in [0, 0.1) is 0 Å². The quantitative estimate of drug-likeness (QED) is 0.635. The van der Waals surface area contributed by atoms with Gasteiger partial charge in [-0.05, 0) is 40.7 Å². The van der Waals surface area contributed by atoms with Gasteiger partial charge >= 0.3 is 0 Å². The summed E-state index contributed by atoms with van der Waals surface area (Å²) in [6.45, 7) is 16.2. The molecule has 1 heterocycles. The zero-order valence-electron chi connectivity index (χ0n) is 11.2. The molecule has 1 fully saturated rings. The summed E-state index contributed by atoms with van der Waals surface area (Å²) in [4.78, 5) is 16.0. The van der Waals surface area contributed by atoms with Crippen LogP contribution in [-0.4, -0.2) is 46.4 Å². The summed E-state index contributed by atoms with van der Waals surface area (Å²) < 4.78 is 0. The monoisotopic (exact) mass is 224 g/mol. The van der Waals surface area contributed by atoms with E-state index in [1.165, 1.54) is 6.08 Å². The standard InChI is InChI=1S/C13H24N2O/c1-7-12(16)14-8-10(2)15(11(3)9-14)13(4,5)6/h7,10-11H,1,8-9H2,2-6H3/t10-,11+. The Hall–Kier alpha value is -0.830. The first-order valence-electron chi connectivity index (χ1n) is 5.97. The Morgan fingerprint density at radius 3 is 2.00 bits per heavy atom. The smallest absolute Gasteiger partial charge is 0.246 e. The van der Waals surface area contributed by atoms with Crippen LogP contribution in [0.3, 0.4) is 0 Å². The molecular weight excluding hydrogens is 200 g/mol. The lowest BCUT2D eigenvalue weighted by atomic mass is 9.97. The number of carbonyl (C=O) groups excluding carboxylic acids is 1. The second-order valence-electron chi connectivity index (χ2n) is 5.72. The Morgan fingerprint density at radius 1 is 1.25 bits per heavy atom. The first-order chi connectivity index (χ1) is 7.27. The summed E-state index contributed by atoms with van der Waals surface area (Å²) in [6.07, 6.45) is 1.41. The summed E-state index contributed by atoms with van der Waals surface area (Å²) in [6, 6.07) is 0.792. The van der Waals surface area contributed by atoms with Crippen molar-refractivity contribution in [1.82, 2.24) is 9.80 Å². The fourth-order valence-corrected chi connectivity index (χ4v) is 2.95. The minimum atomic E-state index is 0.0484. The number of amides is 1. The fourth-order valence-electron chi connectivity index (χ4n) is 2.95. The van der Waals surface area contributed by atoms with E-state index in [1.54, 1.807) is 0 Å². The molecule has 0 aliphatic carbocycles. The van der Waals surface area contributed by atoms with Crippen molar-refractivity contribution >= 4 is 5.91 Å². The van der Waals surface area contributed by atoms with Crippen LogP contribution < -0.4 is 0 Å². The maximum absolute atomic E-state index is 11.6. The Bertz CT molecular complexity index is 268. The van der Waals surface area contributed by atoms with E-state index in [0.717, 1.165) is 13.1 Å². The molecule has 16 heavy (non-hydrogen) atoms. The van der Waals surface area contributed by atoms with Gasteiger partial charge in [0.1, 0.15) is 0 Å². The molecule has 0 aromatic rings. The topological polar surface area (TPSA) is 23.6 Å². The Morgan fingerprint density at radius 2 is 1.69 bits per heavy atom. The fraction of sp³-hybridized carbons (Fsp3) is 0.769. The van der Waals surface area contributed by atoms with Crippen molar-refractivity contribution in [3.05, 3.63) is 12.7 Å². The highest BCUT2D eigenvalue weighted by Gasteiger charge is 2.36. The summed E-state index contributed by atoms with van der Waals surface area (Å²) in [5.41, 5.74) is 0.155. The van der Waals surface area contributed by atoms with Gasteiger partial charge in [-0.2, -0.15) is 0 Å². The van der Waals surface area contributed by atoms with Crippen LogP contribution in [0.25, 0.3) is 0 Å². The zero-order chi connectivity index (χ0) is 12.5. The van der Waals surface area contributed by atoms with E-state index in [9.17, 15) is 4.79 Å². The van der Waals surface area contributed by atoms with E-state index >= 15 is 0 Å². The maximum Gasteiger partial charge on any atom is 0.246 e. The van der Waals surface area contributed by atoms with Gasteiger partial charge in [0.05, 0.1) is 0 Å². The van der Waals surface area contributed by atoms with E-state index in [0.29, 0.717) is 12.1 Å². The average Bonchev–Trinajstić information content (AvgIpc) is 2.13. The minimum absolute atomic E-state index is 0.0484. The summed E-state index contributed by atoms with van der Waals surface area (Å²) in [7, 11) is 0. The molecule has 0 aromatic heterocycles. The average molecular weight is 224 g/mol. The predicted molar refractivity (Wildman–Crippen MR) is 67.3 cm³/mol. The highest BCUT2D eigenvalue weighted by molar-refractivity contribution is 5.87. The van der Waals surface area contributed by atoms with Crippen molar-refractivity contribution in [3.8, 4) is 0 Å². The second kappa shape index (κ2) is 4.58.